The van der Waals surface area contributed by atoms with Crippen LogP contribution in [-0.2, 0) is 0 Å². The van der Waals surface area contributed by atoms with Crippen molar-refractivity contribution in [3.63, 3.8) is 0 Å². The molecule has 0 aliphatic rings. The highest BCUT2D eigenvalue weighted by molar-refractivity contribution is 6.31. The zero-order chi connectivity index (χ0) is 11.8. The van der Waals surface area contributed by atoms with E-state index in [1.807, 2.05) is 34.7 Å². The van der Waals surface area contributed by atoms with Crippen molar-refractivity contribution in [2.45, 2.75) is 0 Å². The molecule has 0 bridgehead atoms. The molecule has 5 heteroatoms. The Kier molecular flexibility index (Phi) is 2.50. The third-order valence-electron chi connectivity index (χ3n) is 2.45. The number of pyridine rings is 1. The van der Waals surface area contributed by atoms with E-state index in [9.17, 15) is 0 Å². The summed E-state index contributed by atoms with van der Waals surface area (Å²) >= 11 is 11.9. The highest BCUT2D eigenvalue weighted by atomic mass is 35.5. The first-order valence-electron chi connectivity index (χ1n) is 5.00. The topological polar surface area (TPSA) is 30.2 Å². The van der Waals surface area contributed by atoms with Gasteiger partial charge in [-0.1, -0.05) is 35.3 Å². The molecule has 0 spiro atoms. The maximum atomic E-state index is 5.96. The first-order chi connectivity index (χ1) is 8.24. The standard InChI is InChI=1S/C12H7Cl2N3/c13-9-3-1-2-8(6-9)12-16-15-11-5-4-10(14)7-17(11)12/h1-7H. The van der Waals surface area contributed by atoms with Crippen molar-refractivity contribution in [2.75, 3.05) is 0 Å². The highest BCUT2D eigenvalue weighted by Gasteiger charge is 2.08. The van der Waals surface area contributed by atoms with Crippen LogP contribution in [0.1, 0.15) is 0 Å². The van der Waals surface area contributed by atoms with Gasteiger partial charge in [0.15, 0.2) is 11.5 Å². The monoisotopic (exact) mass is 263 g/mol. The number of nitrogens with zero attached hydrogens (tertiary/aromatic N) is 3. The molecule has 0 aliphatic heterocycles. The van der Waals surface area contributed by atoms with Crippen LogP contribution in [0.4, 0.5) is 0 Å². The summed E-state index contributed by atoms with van der Waals surface area (Å²) in [7, 11) is 0. The lowest BCUT2D eigenvalue weighted by Gasteiger charge is -2.00. The largest absolute Gasteiger partial charge is 0.281 e. The normalized spacial score (nSPS) is 10.9. The summed E-state index contributed by atoms with van der Waals surface area (Å²) in [6.07, 6.45) is 1.78. The molecular formula is C12H7Cl2N3. The Labute approximate surface area is 108 Å². The molecule has 3 rings (SSSR count). The molecule has 0 amide bonds. The average Bonchev–Trinajstić information content (AvgIpc) is 2.71. The lowest BCUT2D eigenvalue weighted by atomic mass is 10.2. The van der Waals surface area contributed by atoms with Gasteiger partial charge in [0.1, 0.15) is 0 Å². The minimum atomic E-state index is 0.639. The van der Waals surface area contributed by atoms with Crippen molar-refractivity contribution in [2.24, 2.45) is 0 Å². The fourth-order valence-electron chi connectivity index (χ4n) is 1.69. The highest BCUT2D eigenvalue weighted by Crippen LogP contribution is 2.22. The van der Waals surface area contributed by atoms with Gasteiger partial charge in [0.05, 0.1) is 5.02 Å². The van der Waals surface area contributed by atoms with Crippen LogP contribution in [0.25, 0.3) is 17.0 Å². The van der Waals surface area contributed by atoms with Gasteiger partial charge in [-0.25, -0.2) is 0 Å². The van der Waals surface area contributed by atoms with E-state index in [2.05, 4.69) is 10.2 Å². The first kappa shape index (κ1) is 10.6. The van der Waals surface area contributed by atoms with Crippen molar-refractivity contribution < 1.29 is 0 Å². The summed E-state index contributed by atoms with van der Waals surface area (Å²) in [6, 6.07) is 11.1. The molecular weight excluding hydrogens is 257 g/mol. The summed E-state index contributed by atoms with van der Waals surface area (Å²) in [6.45, 7) is 0. The molecule has 2 aromatic heterocycles. The second kappa shape index (κ2) is 4.02. The summed E-state index contributed by atoms with van der Waals surface area (Å²) in [5.74, 6) is 0.727. The number of hydrogen-bond donors (Lipinski definition) is 0. The zero-order valence-corrected chi connectivity index (χ0v) is 10.2. The first-order valence-corrected chi connectivity index (χ1v) is 5.76. The molecule has 0 aliphatic carbocycles. The maximum absolute atomic E-state index is 5.96. The Hall–Kier alpha value is -1.58. The summed E-state index contributed by atoms with van der Waals surface area (Å²) < 4.78 is 1.84. The summed E-state index contributed by atoms with van der Waals surface area (Å²) in [5, 5.41) is 9.53. The van der Waals surface area contributed by atoms with Gasteiger partial charge in [-0.2, -0.15) is 0 Å². The number of hydrogen-bond acceptors (Lipinski definition) is 2. The van der Waals surface area contributed by atoms with Crippen molar-refractivity contribution in [3.8, 4) is 11.4 Å². The molecule has 1 aromatic carbocycles. The van der Waals surface area contributed by atoms with Gasteiger partial charge in [-0.05, 0) is 24.3 Å². The summed E-state index contributed by atoms with van der Waals surface area (Å²) in [4.78, 5) is 0. The molecule has 0 unspecified atom stereocenters. The minimum absolute atomic E-state index is 0.639. The Morgan fingerprint density at radius 2 is 1.82 bits per heavy atom. The van der Waals surface area contributed by atoms with Gasteiger partial charge in [-0.3, -0.25) is 4.40 Å². The number of fused-ring (bicyclic) bond motifs is 1. The zero-order valence-electron chi connectivity index (χ0n) is 8.64. The van der Waals surface area contributed by atoms with E-state index < -0.39 is 0 Å². The Morgan fingerprint density at radius 1 is 0.941 bits per heavy atom. The molecule has 0 fully saturated rings. The molecule has 17 heavy (non-hydrogen) atoms. The molecule has 0 saturated carbocycles. The predicted octanol–water partition coefficient (Wildman–Crippen LogP) is 3.70. The van der Waals surface area contributed by atoms with Crippen LogP contribution < -0.4 is 0 Å². The van der Waals surface area contributed by atoms with Crippen molar-refractivity contribution in [3.05, 3.63) is 52.6 Å². The van der Waals surface area contributed by atoms with Gasteiger partial charge >= 0.3 is 0 Å². The second-order valence-corrected chi connectivity index (χ2v) is 4.48. The quantitative estimate of drug-likeness (QED) is 0.670. The second-order valence-electron chi connectivity index (χ2n) is 3.61. The summed E-state index contributed by atoms with van der Waals surface area (Å²) in [5.41, 5.74) is 1.66. The predicted molar refractivity (Wildman–Crippen MR) is 68.4 cm³/mol. The van der Waals surface area contributed by atoms with Crippen molar-refractivity contribution in [1.29, 1.82) is 0 Å². The molecule has 0 N–H and O–H groups in total. The molecule has 2 heterocycles. The van der Waals surface area contributed by atoms with Crippen LogP contribution in [0.2, 0.25) is 10.0 Å². The molecule has 84 valence electrons. The minimum Gasteiger partial charge on any atom is -0.281 e. The van der Waals surface area contributed by atoms with E-state index in [4.69, 9.17) is 23.2 Å². The van der Waals surface area contributed by atoms with Crippen molar-refractivity contribution in [1.82, 2.24) is 14.6 Å². The Morgan fingerprint density at radius 3 is 2.65 bits per heavy atom. The fraction of sp³-hybridized carbons (Fsp3) is 0. The third kappa shape index (κ3) is 1.88. The van der Waals surface area contributed by atoms with E-state index in [0.29, 0.717) is 10.0 Å². The number of halogens is 2. The van der Waals surface area contributed by atoms with E-state index in [0.717, 1.165) is 17.0 Å². The van der Waals surface area contributed by atoms with Crippen LogP contribution in [0.3, 0.4) is 0 Å². The lowest BCUT2D eigenvalue weighted by Crippen LogP contribution is -1.88. The fourth-order valence-corrected chi connectivity index (χ4v) is 2.04. The Bertz CT molecular complexity index is 691. The SMILES string of the molecule is Clc1cccc(-c2nnc3ccc(Cl)cn23)c1. The smallest absolute Gasteiger partial charge is 0.168 e. The van der Waals surface area contributed by atoms with Crippen LogP contribution in [0.5, 0.6) is 0 Å². The van der Waals surface area contributed by atoms with Crippen LogP contribution in [0, 0.1) is 0 Å². The Balaban J connectivity index is 2.27. The third-order valence-corrected chi connectivity index (χ3v) is 2.91. The van der Waals surface area contributed by atoms with E-state index in [1.165, 1.54) is 0 Å². The van der Waals surface area contributed by atoms with Crippen LogP contribution in [0.15, 0.2) is 42.6 Å². The maximum Gasteiger partial charge on any atom is 0.168 e. The van der Waals surface area contributed by atoms with Crippen molar-refractivity contribution >= 4 is 28.8 Å². The molecule has 3 aromatic rings. The van der Waals surface area contributed by atoms with Gasteiger partial charge in [0, 0.05) is 16.8 Å². The number of benzene rings is 1. The average molecular weight is 264 g/mol. The molecule has 3 nitrogen and oxygen atoms in total. The molecule has 0 atom stereocenters. The van der Waals surface area contributed by atoms with Gasteiger partial charge < -0.3 is 0 Å². The van der Waals surface area contributed by atoms with E-state index >= 15 is 0 Å². The van der Waals surface area contributed by atoms with Crippen LogP contribution in [-0.4, -0.2) is 14.6 Å². The molecule has 0 radical (unpaired) electrons. The number of aromatic nitrogens is 3. The van der Waals surface area contributed by atoms with E-state index in [1.54, 1.807) is 12.3 Å². The van der Waals surface area contributed by atoms with Gasteiger partial charge in [-0.15, -0.1) is 10.2 Å². The molecule has 0 saturated heterocycles. The van der Waals surface area contributed by atoms with Crippen LogP contribution >= 0.6 is 23.2 Å². The lowest BCUT2D eigenvalue weighted by molar-refractivity contribution is 1.11. The van der Waals surface area contributed by atoms with E-state index in [-0.39, 0.29) is 0 Å². The number of rotatable bonds is 1. The van der Waals surface area contributed by atoms with Gasteiger partial charge in [0.2, 0.25) is 0 Å². The van der Waals surface area contributed by atoms with Gasteiger partial charge in [0.25, 0.3) is 0 Å².